The molecule has 1 amide bonds. The fraction of sp³-hybridized carbons (Fsp3) is 0.667. The third kappa shape index (κ3) is 4.45. The van der Waals surface area contributed by atoms with Crippen LogP contribution in [0.2, 0.25) is 0 Å². The summed E-state index contributed by atoms with van der Waals surface area (Å²) in [6.07, 6.45) is 3.90. The molecule has 20 heavy (non-hydrogen) atoms. The molecule has 112 valence electrons. The van der Waals surface area contributed by atoms with Crippen molar-refractivity contribution in [2.24, 2.45) is 0 Å². The lowest BCUT2D eigenvalue weighted by Gasteiger charge is -2.21. The second kappa shape index (κ2) is 6.53. The van der Waals surface area contributed by atoms with Crippen LogP contribution in [-0.4, -0.2) is 62.4 Å². The van der Waals surface area contributed by atoms with Gasteiger partial charge in [0.15, 0.2) is 5.13 Å². The molecule has 0 N–H and O–H groups in total. The van der Waals surface area contributed by atoms with E-state index in [-0.39, 0.29) is 18.1 Å². The number of sulfone groups is 1. The predicted octanol–water partition coefficient (Wildman–Crippen LogP) is 0.617. The molecular weight excluding hydrogens is 298 g/mol. The van der Waals surface area contributed by atoms with E-state index in [1.807, 2.05) is 5.38 Å². The Morgan fingerprint density at radius 1 is 1.35 bits per heavy atom. The van der Waals surface area contributed by atoms with E-state index in [0.717, 1.165) is 30.9 Å². The minimum Gasteiger partial charge on any atom is -0.346 e. The van der Waals surface area contributed by atoms with Gasteiger partial charge < -0.3 is 9.80 Å². The van der Waals surface area contributed by atoms with E-state index in [0.29, 0.717) is 13.1 Å². The molecule has 0 aromatic carbocycles. The maximum absolute atomic E-state index is 12.0. The van der Waals surface area contributed by atoms with Crippen LogP contribution in [0, 0.1) is 0 Å². The fourth-order valence-corrected chi connectivity index (χ4v) is 3.40. The number of carbonyl (C=O) groups excluding carboxylic acids is 1. The van der Waals surface area contributed by atoms with Gasteiger partial charge in [0, 0.05) is 50.4 Å². The Morgan fingerprint density at radius 3 is 2.80 bits per heavy atom. The van der Waals surface area contributed by atoms with Gasteiger partial charge in [-0.1, -0.05) is 0 Å². The summed E-state index contributed by atoms with van der Waals surface area (Å²) in [5.41, 5.74) is 0. The summed E-state index contributed by atoms with van der Waals surface area (Å²) in [5.74, 6) is -0.144. The SMILES string of the molecule is CS(=O)(=O)CCC(=O)N1CCCN(c2nccs2)CC1. The molecule has 8 heteroatoms. The van der Waals surface area contributed by atoms with Gasteiger partial charge in [-0.15, -0.1) is 11.3 Å². The van der Waals surface area contributed by atoms with Crippen LogP contribution in [0.15, 0.2) is 11.6 Å². The van der Waals surface area contributed by atoms with Gasteiger partial charge in [0.1, 0.15) is 9.84 Å². The molecule has 0 radical (unpaired) electrons. The number of carbonyl (C=O) groups is 1. The molecule has 2 rings (SSSR count). The quantitative estimate of drug-likeness (QED) is 0.814. The smallest absolute Gasteiger partial charge is 0.223 e. The summed E-state index contributed by atoms with van der Waals surface area (Å²) < 4.78 is 22.2. The average molecular weight is 317 g/mol. The maximum atomic E-state index is 12.0. The molecule has 1 aromatic heterocycles. The molecule has 0 aliphatic carbocycles. The van der Waals surface area contributed by atoms with Crippen LogP contribution in [0.1, 0.15) is 12.8 Å². The number of anilines is 1. The highest BCUT2D eigenvalue weighted by molar-refractivity contribution is 7.90. The van der Waals surface area contributed by atoms with Crippen LogP contribution in [0.4, 0.5) is 5.13 Å². The molecule has 1 fully saturated rings. The molecule has 0 atom stereocenters. The molecule has 1 aromatic rings. The Balaban J connectivity index is 1.87. The van der Waals surface area contributed by atoms with E-state index in [9.17, 15) is 13.2 Å². The first-order chi connectivity index (χ1) is 9.46. The van der Waals surface area contributed by atoms with E-state index in [4.69, 9.17) is 0 Å². The van der Waals surface area contributed by atoms with Gasteiger partial charge in [-0.3, -0.25) is 4.79 Å². The maximum Gasteiger partial charge on any atom is 0.223 e. The first-order valence-corrected chi connectivity index (χ1v) is 9.50. The first kappa shape index (κ1) is 15.2. The zero-order valence-electron chi connectivity index (χ0n) is 11.5. The van der Waals surface area contributed by atoms with Crippen molar-refractivity contribution in [2.45, 2.75) is 12.8 Å². The lowest BCUT2D eigenvalue weighted by molar-refractivity contribution is -0.130. The molecule has 0 unspecified atom stereocenters. The van der Waals surface area contributed by atoms with Crippen LogP contribution in [-0.2, 0) is 14.6 Å². The summed E-state index contributed by atoms with van der Waals surface area (Å²) >= 11 is 1.59. The second-order valence-corrected chi connectivity index (χ2v) is 8.05. The zero-order chi connectivity index (χ0) is 14.6. The number of thiazole rings is 1. The lowest BCUT2D eigenvalue weighted by Crippen LogP contribution is -2.35. The summed E-state index contributed by atoms with van der Waals surface area (Å²) in [7, 11) is -3.08. The fourth-order valence-electron chi connectivity index (χ4n) is 2.16. The number of amides is 1. The minimum absolute atomic E-state index is 0.0709. The molecule has 0 spiro atoms. The monoisotopic (exact) mass is 317 g/mol. The van der Waals surface area contributed by atoms with Gasteiger partial charge in [0.2, 0.25) is 5.91 Å². The van der Waals surface area contributed by atoms with Crippen LogP contribution in [0.25, 0.3) is 0 Å². The Hall–Kier alpha value is -1.15. The van der Waals surface area contributed by atoms with Gasteiger partial charge >= 0.3 is 0 Å². The summed E-state index contributed by atoms with van der Waals surface area (Å²) in [6.45, 7) is 2.94. The number of rotatable bonds is 4. The Kier molecular flexibility index (Phi) is 4.98. The normalized spacial score (nSPS) is 17.1. The highest BCUT2D eigenvalue weighted by atomic mass is 32.2. The second-order valence-electron chi connectivity index (χ2n) is 4.92. The Labute approximate surface area is 123 Å². The van der Waals surface area contributed by atoms with Gasteiger partial charge in [0.25, 0.3) is 0 Å². The van der Waals surface area contributed by atoms with E-state index < -0.39 is 9.84 Å². The molecule has 0 bridgehead atoms. The molecule has 0 saturated carbocycles. The van der Waals surface area contributed by atoms with Crippen molar-refractivity contribution in [2.75, 3.05) is 43.1 Å². The third-order valence-corrected chi connectivity index (χ3v) is 5.00. The van der Waals surface area contributed by atoms with Gasteiger partial charge in [-0.25, -0.2) is 13.4 Å². The van der Waals surface area contributed by atoms with Crippen molar-refractivity contribution >= 4 is 32.2 Å². The first-order valence-electron chi connectivity index (χ1n) is 6.56. The van der Waals surface area contributed by atoms with E-state index in [2.05, 4.69) is 9.88 Å². The Bertz CT molecular complexity index is 542. The van der Waals surface area contributed by atoms with E-state index >= 15 is 0 Å². The van der Waals surface area contributed by atoms with E-state index in [1.165, 1.54) is 0 Å². The highest BCUT2D eigenvalue weighted by Gasteiger charge is 2.20. The molecular formula is C12H19N3O3S2. The summed E-state index contributed by atoms with van der Waals surface area (Å²) in [5, 5.41) is 2.92. The molecule has 2 heterocycles. The molecule has 6 nitrogen and oxygen atoms in total. The van der Waals surface area contributed by atoms with Crippen LogP contribution in [0.5, 0.6) is 0 Å². The lowest BCUT2D eigenvalue weighted by atomic mass is 10.3. The van der Waals surface area contributed by atoms with Crippen LogP contribution < -0.4 is 4.90 Å². The van der Waals surface area contributed by atoms with Gasteiger partial charge in [-0.2, -0.15) is 0 Å². The number of aromatic nitrogens is 1. The summed E-state index contributed by atoms with van der Waals surface area (Å²) in [6, 6.07) is 0. The van der Waals surface area contributed by atoms with E-state index in [1.54, 1.807) is 22.4 Å². The van der Waals surface area contributed by atoms with Crippen LogP contribution >= 0.6 is 11.3 Å². The summed E-state index contributed by atoms with van der Waals surface area (Å²) in [4.78, 5) is 20.2. The molecule has 1 aliphatic heterocycles. The van der Waals surface area contributed by atoms with Crippen molar-refractivity contribution in [3.8, 4) is 0 Å². The van der Waals surface area contributed by atoms with Crippen molar-refractivity contribution in [1.82, 2.24) is 9.88 Å². The largest absolute Gasteiger partial charge is 0.346 e. The molecule has 1 saturated heterocycles. The highest BCUT2D eigenvalue weighted by Crippen LogP contribution is 2.19. The number of hydrogen-bond acceptors (Lipinski definition) is 6. The van der Waals surface area contributed by atoms with Crippen molar-refractivity contribution in [3.05, 3.63) is 11.6 Å². The van der Waals surface area contributed by atoms with Crippen molar-refractivity contribution < 1.29 is 13.2 Å². The Morgan fingerprint density at radius 2 is 2.15 bits per heavy atom. The average Bonchev–Trinajstić information content (AvgIpc) is 2.80. The number of hydrogen-bond donors (Lipinski definition) is 0. The number of nitrogens with zero attached hydrogens (tertiary/aromatic N) is 3. The zero-order valence-corrected chi connectivity index (χ0v) is 13.1. The van der Waals surface area contributed by atoms with Crippen molar-refractivity contribution in [3.63, 3.8) is 0 Å². The van der Waals surface area contributed by atoms with Gasteiger partial charge in [-0.05, 0) is 6.42 Å². The van der Waals surface area contributed by atoms with Crippen LogP contribution in [0.3, 0.4) is 0 Å². The standard InChI is InChI=1S/C12H19N3O3S2/c1-20(17,18)10-3-11(16)14-5-2-6-15(8-7-14)12-13-4-9-19-12/h4,9H,2-3,5-8,10H2,1H3. The van der Waals surface area contributed by atoms with Gasteiger partial charge in [0.05, 0.1) is 5.75 Å². The minimum atomic E-state index is -3.08. The van der Waals surface area contributed by atoms with Crippen molar-refractivity contribution in [1.29, 1.82) is 0 Å². The topological polar surface area (TPSA) is 70.6 Å². The molecule has 1 aliphatic rings. The third-order valence-electron chi connectivity index (χ3n) is 3.23. The predicted molar refractivity (Wildman–Crippen MR) is 79.9 cm³/mol.